The van der Waals surface area contributed by atoms with Crippen LogP contribution in [-0.4, -0.2) is 21.3 Å². The first kappa shape index (κ1) is 20.5. The number of pyridine rings is 1. The van der Waals surface area contributed by atoms with Crippen LogP contribution in [0.1, 0.15) is 11.3 Å². The first-order chi connectivity index (χ1) is 15.1. The van der Waals surface area contributed by atoms with Gasteiger partial charge in [0.05, 0.1) is 33.4 Å². The van der Waals surface area contributed by atoms with Gasteiger partial charge in [-0.25, -0.2) is 0 Å². The Kier molecular flexibility index (Phi) is 5.94. The number of ether oxygens (including phenoxy) is 3. The molecule has 4 rings (SSSR count). The second kappa shape index (κ2) is 8.96. The molecule has 3 aromatic carbocycles. The number of methoxy groups -OCH3 is 3. The van der Waals surface area contributed by atoms with Crippen LogP contribution in [0.25, 0.3) is 21.9 Å². The largest absolute Gasteiger partial charge is 0.497 e. The van der Waals surface area contributed by atoms with E-state index in [0.29, 0.717) is 6.54 Å². The Balaban J connectivity index is 1.76. The van der Waals surface area contributed by atoms with Gasteiger partial charge >= 0.3 is 0 Å². The lowest BCUT2D eigenvalue weighted by Crippen LogP contribution is -2.47. The molecule has 0 unspecified atom stereocenters. The highest BCUT2D eigenvalue weighted by Gasteiger charge is 2.19. The van der Waals surface area contributed by atoms with Crippen LogP contribution in [-0.2, 0) is 6.54 Å². The zero-order valence-electron chi connectivity index (χ0n) is 18.3. The maximum absolute atomic E-state index is 5.48. The Hall–Kier alpha value is -3.73. The van der Waals surface area contributed by atoms with Crippen molar-refractivity contribution < 1.29 is 18.9 Å². The first-order valence-corrected chi connectivity index (χ1v) is 10.2. The fourth-order valence-electron chi connectivity index (χ4n) is 3.84. The van der Waals surface area contributed by atoms with E-state index in [1.54, 1.807) is 21.3 Å². The standard InChI is InChI=1S/C26H27N2O3/c1-18-26(20-8-6-5-7-9-20)23-15-22(29-2)12-11-21(23)17-28(18)27-16-19-10-13-24(30-3)25(14-19)31-4/h5-15,17,27H,16H2,1-4H3/q+1. The normalized spacial score (nSPS) is 10.7. The third kappa shape index (κ3) is 4.12. The van der Waals surface area contributed by atoms with E-state index < -0.39 is 0 Å². The molecule has 0 saturated heterocycles. The van der Waals surface area contributed by atoms with Gasteiger partial charge in [0.1, 0.15) is 5.75 Å². The Morgan fingerprint density at radius 1 is 0.806 bits per heavy atom. The van der Waals surface area contributed by atoms with Gasteiger partial charge < -0.3 is 14.2 Å². The van der Waals surface area contributed by atoms with Crippen molar-refractivity contribution in [2.75, 3.05) is 26.8 Å². The fourth-order valence-corrected chi connectivity index (χ4v) is 3.84. The van der Waals surface area contributed by atoms with Gasteiger partial charge in [-0.1, -0.05) is 41.1 Å². The molecule has 0 bridgehead atoms. The summed E-state index contributed by atoms with van der Waals surface area (Å²) < 4.78 is 18.4. The second-order valence-electron chi connectivity index (χ2n) is 7.30. The quantitative estimate of drug-likeness (QED) is 0.437. The Labute approximate surface area is 182 Å². The average Bonchev–Trinajstić information content (AvgIpc) is 2.82. The SMILES string of the molecule is COc1ccc2c[n+](NCc3ccc(OC)c(OC)c3)c(C)c(-c3ccccc3)c2c1. The molecule has 31 heavy (non-hydrogen) atoms. The van der Waals surface area contributed by atoms with Gasteiger partial charge in [-0.05, 0) is 41.5 Å². The lowest BCUT2D eigenvalue weighted by Gasteiger charge is -2.13. The van der Waals surface area contributed by atoms with E-state index in [1.165, 1.54) is 11.1 Å². The van der Waals surface area contributed by atoms with Gasteiger partial charge in [0.25, 0.3) is 0 Å². The predicted octanol–water partition coefficient (Wildman–Crippen LogP) is 4.87. The summed E-state index contributed by atoms with van der Waals surface area (Å²) in [6.07, 6.45) is 2.12. The van der Waals surface area contributed by atoms with Gasteiger partial charge in [0.15, 0.2) is 11.5 Å². The average molecular weight is 416 g/mol. The van der Waals surface area contributed by atoms with E-state index in [-0.39, 0.29) is 0 Å². The summed E-state index contributed by atoms with van der Waals surface area (Å²) in [5.41, 5.74) is 8.10. The summed E-state index contributed by atoms with van der Waals surface area (Å²) in [5.74, 6) is 2.29. The van der Waals surface area contributed by atoms with Gasteiger partial charge in [0, 0.05) is 17.7 Å². The first-order valence-electron chi connectivity index (χ1n) is 10.2. The van der Waals surface area contributed by atoms with Gasteiger partial charge in [-0.3, -0.25) is 0 Å². The third-order valence-electron chi connectivity index (χ3n) is 5.49. The van der Waals surface area contributed by atoms with Gasteiger partial charge in [-0.2, -0.15) is 5.43 Å². The number of hydrogen-bond acceptors (Lipinski definition) is 4. The Morgan fingerprint density at radius 2 is 1.58 bits per heavy atom. The van der Waals surface area contributed by atoms with Crippen LogP contribution in [0, 0.1) is 6.92 Å². The predicted molar refractivity (Wildman–Crippen MR) is 123 cm³/mol. The molecule has 4 aromatic rings. The van der Waals surface area contributed by atoms with Crippen LogP contribution in [0.5, 0.6) is 17.2 Å². The van der Waals surface area contributed by atoms with E-state index in [1.807, 2.05) is 30.3 Å². The summed E-state index contributed by atoms with van der Waals surface area (Å²) in [7, 11) is 4.99. The summed E-state index contributed by atoms with van der Waals surface area (Å²) in [4.78, 5) is 0. The van der Waals surface area contributed by atoms with E-state index in [2.05, 4.69) is 59.6 Å². The number of rotatable bonds is 7. The maximum atomic E-state index is 5.48. The molecule has 0 aliphatic rings. The number of hydrogen-bond donors (Lipinski definition) is 1. The van der Waals surface area contributed by atoms with Crippen molar-refractivity contribution in [2.45, 2.75) is 13.5 Å². The van der Waals surface area contributed by atoms with Gasteiger partial charge in [0.2, 0.25) is 11.9 Å². The molecule has 5 heteroatoms. The molecule has 1 N–H and O–H groups in total. The highest BCUT2D eigenvalue weighted by Crippen LogP contribution is 2.32. The molecule has 1 aromatic heterocycles. The number of fused-ring (bicyclic) bond motifs is 1. The van der Waals surface area contributed by atoms with Crippen molar-refractivity contribution in [3.8, 4) is 28.4 Å². The van der Waals surface area contributed by atoms with E-state index in [9.17, 15) is 0 Å². The fraction of sp³-hybridized carbons (Fsp3) is 0.192. The lowest BCUT2D eigenvalue weighted by atomic mass is 9.97. The molecule has 158 valence electrons. The number of benzene rings is 3. The highest BCUT2D eigenvalue weighted by atomic mass is 16.5. The van der Waals surface area contributed by atoms with Crippen LogP contribution in [0.3, 0.4) is 0 Å². The topological polar surface area (TPSA) is 43.6 Å². The molecule has 5 nitrogen and oxygen atoms in total. The molecule has 0 spiro atoms. The molecular weight excluding hydrogens is 388 g/mol. The van der Waals surface area contributed by atoms with E-state index in [0.717, 1.165) is 39.3 Å². The number of aromatic nitrogens is 1. The monoisotopic (exact) mass is 415 g/mol. The number of nitrogens with one attached hydrogen (secondary N) is 1. The summed E-state index contributed by atoms with van der Waals surface area (Å²) >= 11 is 0. The smallest absolute Gasteiger partial charge is 0.217 e. The molecule has 0 saturated carbocycles. The van der Waals surface area contributed by atoms with Crippen molar-refractivity contribution in [3.05, 3.63) is 84.2 Å². The van der Waals surface area contributed by atoms with Crippen molar-refractivity contribution in [1.29, 1.82) is 0 Å². The van der Waals surface area contributed by atoms with Crippen molar-refractivity contribution in [1.82, 2.24) is 0 Å². The van der Waals surface area contributed by atoms with Crippen molar-refractivity contribution >= 4 is 10.8 Å². The van der Waals surface area contributed by atoms with Crippen LogP contribution in [0.15, 0.2) is 72.9 Å². The molecule has 0 amide bonds. The van der Waals surface area contributed by atoms with Crippen LogP contribution in [0.4, 0.5) is 0 Å². The molecule has 1 heterocycles. The minimum Gasteiger partial charge on any atom is -0.497 e. The summed E-state index contributed by atoms with van der Waals surface area (Å²) in [6.45, 7) is 2.77. The molecular formula is C26H27N2O3+. The summed E-state index contributed by atoms with van der Waals surface area (Å²) in [5, 5.41) is 2.29. The van der Waals surface area contributed by atoms with Crippen LogP contribution >= 0.6 is 0 Å². The molecule has 0 atom stereocenters. The molecule has 0 aliphatic carbocycles. The van der Waals surface area contributed by atoms with Gasteiger partial charge in [-0.15, -0.1) is 0 Å². The van der Waals surface area contributed by atoms with Crippen molar-refractivity contribution in [3.63, 3.8) is 0 Å². The molecule has 0 aliphatic heterocycles. The zero-order valence-corrected chi connectivity index (χ0v) is 18.3. The Bertz CT molecular complexity index is 1210. The summed E-state index contributed by atoms with van der Waals surface area (Å²) in [6, 6.07) is 22.6. The zero-order chi connectivity index (χ0) is 21.8. The van der Waals surface area contributed by atoms with E-state index in [4.69, 9.17) is 14.2 Å². The Morgan fingerprint density at radius 3 is 2.29 bits per heavy atom. The van der Waals surface area contributed by atoms with Crippen LogP contribution in [0.2, 0.25) is 0 Å². The number of nitrogens with zero attached hydrogens (tertiary/aromatic N) is 1. The van der Waals surface area contributed by atoms with E-state index >= 15 is 0 Å². The molecule has 0 radical (unpaired) electrons. The van der Waals surface area contributed by atoms with Crippen LogP contribution < -0.4 is 24.3 Å². The lowest BCUT2D eigenvalue weighted by molar-refractivity contribution is -0.656. The second-order valence-corrected chi connectivity index (χ2v) is 7.30. The minimum atomic E-state index is 0.641. The van der Waals surface area contributed by atoms with Crippen molar-refractivity contribution in [2.24, 2.45) is 0 Å². The maximum Gasteiger partial charge on any atom is 0.217 e. The third-order valence-corrected chi connectivity index (χ3v) is 5.49. The molecule has 0 fully saturated rings. The highest BCUT2D eigenvalue weighted by molar-refractivity contribution is 5.97. The minimum absolute atomic E-state index is 0.641.